The van der Waals surface area contributed by atoms with Crippen LogP contribution in [0.15, 0.2) is 40.8 Å². The number of amides is 1. The summed E-state index contributed by atoms with van der Waals surface area (Å²) in [7, 11) is 0. The van der Waals surface area contributed by atoms with E-state index in [1.165, 1.54) is 19.1 Å². The minimum Gasteiger partial charge on any atom is -0.436 e. The predicted octanol–water partition coefficient (Wildman–Crippen LogP) is 5.37. The second kappa shape index (κ2) is 6.64. The highest BCUT2D eigenvalue weighted by atomic mass is 35.5. The number of aryl methyl sites for hydroxylation is 1. The zero-order chi connectivity index (χ0) is 19.1. The predicted molar refractivity (Wildman–Crippen MR) is 93.3 cm³/mol. The summed E-state index contributed by atoms with van der Waals surface area (Å²) in [5, 5.41) is 0.509. The monoisotopic (exact) mass is 382 g/mol. The SMILES string of the molecule is CCN(C(=O)C(F)(F)F)c1cc(C)c2oc(-c3cccc(Cl)c3)nc2c1. The molecule has 3 aromatic rings. The van der Waals surface area contributed by atoms with Crippen LogP contribution in [0.5, 0.6) is 0 Å². The summed E-state index contributed by atoms with van der Waals surface area (Å²) in [6.45, 7) is 3.04. The Morgan fingerprint density at radius 1 is 1.27 bits per heavy atom. The Morgan fingerprint density at radius 2 is 2.00 bits per heavy atom. The van der Waals surface area contributed by atoms with Crippen molar-refractivity contribution in [2.24, 2.45) is 0 Å². The van der Waals surface area contributed by atoms with E-state index in [2.05, 4.69) is 4.98 Å². The van der Waals surface area contributed by atoms with Crippen molar-refractivity contribution in [3.05, 3.63) is 47.0 Å². The molecule has 0 N–H and O–H groups in total. The van der Waals surface area contributed by atoms with E-state index in [-0.39, 0.29) is 12.2 Å². The smallest absolute Gasteiger partial charge is 0.436 e. The van der Waals surface area contributed by atoms with Gasteiger partial charge in [0.15, 0.2) is 5.58 Å². The van der Waals surface area contributed by atoms with Crippen molar-refractivity contribution in [1.29, 1.82) is 0 Å². The van der Waals surface area contributed by atoms with Crippen molar-refractivity contribution >= 4 is 34.3 Å². The third-order valence-corrected chi connectivity index (χ3v) is 4.08. The summed E-state index contributed by atoms with van der Waals surface area (Å²) in [5.41, 5.74) is 2.15. The van der Waals surface area contributed by atoms with Crippen molar-refractivity contribution in [2.75, 3.05) is 11.4 Å². The molecule has 0 spiro atoms. The maximum Gasteiger partial charge on any atom is 0.471 e. The first-order valence-electron chi connectivity index (χ1n) is 7.76. The first kappa shape index (κ1) is 18.3. The van der Waals surface area contributed by atoms with E-state index in [0.29, 0.717) is 38.0 Å². The van der Waals surface area contributed by atoms with Gasteiger partial charge in [0.25, 0.3) is 0 Å². The zero-order valence-electron chi connectivity index (χ0n) is 13.9. The van der Waals surface area contributed by atoms with Gasteiger partial charge < -0.3 is 9.32 Å². The van der Waals surface area contributed by atoms with Gasteiger partial charge in [0.05, 0.1) is 0 Å². The number of halogens is 4. The number of benzene rings is 2. The molecule has 0 radical (unpaired) electrons. The summed E-state index contributed by atoms with van der Waals surface area (Å²) < 4.78 is 44.2. The van der Waals surface area contributed by atoms with Crippen LogP contribution in [0.25, 0.3) is 22.6 Å². The van der Waals surface area contributed by atoms with Crippen molar-refractivity contribution in [1.82, 2.24) is 4.98 Å². The summed E-state index contributed by atoms with van der Waals surface area (Å²) in [5.74, 6) is -1.62. The molecule has 2 aromatic carbocycles. The quantitative estimate of drug-likeness (QED) is 0.611. The molecule has 0 saturated carbocycles. The molecule has 8 heteroatoms. The molecule has 4 nitrogen and oxygen atoms in total. The Labute approximate surface area is 152 Å². The minimum absolute atomic E-state index is 0.116. The maximum absolute atomic E-state index is 12.8. The van der Waals surface area contributed by atoms with Crippen LogP contribution in [0, 0.1) is 6.92 Å². The number of alkyl halides is 3. The van der Waals surface area contributed by atoms with E-state index in [1.54, 1.807) is 31.2 Å². The Morgan fingerprint density at radius 3 is 2.62 bits per heavy atom. The number of carbonyl (C=O) groups excluding carboxylic acids is 1. The number of anilines is 1. The number of nitrogens with zero attached hydrogens (tertiary/aromatic N) is 2. The molecule has 0 aliphatic rings. The fourth-order valence-electron chi connectivity index (χ4n) is 2.68. The number of rotatable bonds is 3. The van der Waals surface area contributed by atoms with Crippen LogP contribution in [-0.4, -0.2) is 23.6 Å². The number of carbonyl (C=O) groups is 1. The molecule has 136 valence electrons. The molecule has 0 saturated heterocycles. The third-order valence-electron chi connectivity index (χ3n) is 3.85. The Balaban J connectivity index is 2.09. The largest absolute Gasteiger partial charge is 0.471 e. The van der Waals surface area contributed by atoms with Gasteiger partial charge in [-0.3, -0.25) is 4.79 Å². The highest BCUT2D eigenvalue weighted by Crippen LogP contribution is 2.32. The molecule has 1 heterocycles. The van der Waals surface area contributed by atoms with Crippen molar-refractivity contribution in [3.8, 4) is 11.5 Å². The highest BCUT2D eigenvalue weighted by molar-refractivity contribution is 6.30. The van der Waals surface area contributed by atoms with E-state index in [1.807, 2.05) is 0 Å². The topological polar surface area (TPSA) is 46.3 Å². The van der Waals surface area contributed by atoms with Gasteiger partial charge in [-0.05, 0) is 49.7 Å². The van der Waals surface area contributed by atoms with Crippen LogP contribution in [0.1, 0.15) is 12.5 Å². The molecule has 0 atom stereocenters. The molecule has 0 aliphatic heterocycles. The summed E-state index contributed by atoms with van der Waals surface area (Å²) in [6.07, 6.45) is -4.95. The van der Waals surface area contributed by atoms with Gasteiger partial charge in [0.2, 0.25) is 5.89 Å². The lowest BCUT2D eigenvalue weighted by Gasteiger charge is -2.22. The average Bonchev–Trinajstić information content (AvgIpc) is 2.99. The van der Waals surface area contributed by atoms with E-state index >= 15 is 0 Å². The lowest BCUT2D eigenvalue weighted by molar-refractivity contribution is -0.170. The van der Waals surface area contributed by atoms with Crippen LogP contribution < -0.4 is 4.90 Å². The summed E-state index contributed by atoms with van der Waals surface area (Å²) in [4.78, 5) is 16.7. The molecule has 1 aromatic heterocycles. The van der Waals surface area contributed by atoms with Gasteiger partial charge in [0.1, 0.15) is 5.52 Å². The van der Waals surface area contributed by atoms with Gasteiger partial charge in [-0.1, -0.05) is 17.7 Å². The fourth-order valence-corrected chi connectivity index (χ4v) is 2.87. The Hall–Kier alpha value is -2.54. The molecule has 0 aliphatic carbocycles. The molecule has 26 heavy (non-hydrogen) atoms. The second-order valence-corrected chi connectivity index (χ2v) is 6.12. The fraction of sp³-hybridized carbons (Fsp3) is 0.222. The van der Waals surface area contributed by atoms with Crippen LogP contribution in [-0.2, 0) is 4.79 Å². The van der Waals surface area contributed by atoms with Crippen LogP contribution in [0.2, 0.25) is 5.02 Å². The molecule has 3 rings (SSSR count). The van der Waals surface area contributed by atoms with Gasteiger partial charge in [-0.25, -0.2) is 4.98 Å². The van der Waals surface area contributed by atoms with Gasteiger partial charge in [0, 0.05) is 22.8 Å². The Kier molecular flexibility index (Phi) is 4.66. The first-order chi connectivity index (χ1) is 12.2. The van der Waals surface area contributed by atoms with E-state index in [0.717, 1.165) is 0 Å². The number of oxazole rings is 1. The molecule has 0 unspecified atom stereocenters. The maximum atomic E-state index is 12.8. The molecular formula is C18H14ClF3N2O2. The van der Waals surface area contributed by atoms with Crippen molar-refractivity contribution in [2.45, 2.75) is 20.0 Å². The van der Waals surface area contributed by atoms with Gasteiger partial charge >= 0.3 is 12.1 Å². The molecule has 1 amide bonds. The van der Waals surface area contributed by atoms with Crippen LogP contribution in [0.4, 0.5) is 18.9 Å². The molecule has 0 fully saturated rings. The van der Waals surface area contributed by atoms with E-state index < -0.39 is 12.1 Å². The number of hydrogen-bond donors (Lipinski definition) is 0. The van der Waals surface area contributed by atoms with Crippen LogP contribution in [0.3, 0.4) is 0 Å². The van der Waals surface area contributed by atoms with Crippen molar-refractivity contribution < 1.29 is 22.4 Å². The Bertz CT molecular complexity index is 982. The van der Waals surface area contributed by atoms with Gasteiger partial charge in [-0.2, -0.15) is 13.2 Å². The normalized spacial score (nSPS) is 11.8. The van der Waals surface area contributed by atoms with Crippen molar-refractivity contribution in [3.63, 3.8) is 0 Å². The number of fused-ring (bicyclic) bond motifs is 1. The number of hydrogen-bond acceptors (Lipinski definition) is 3. The minimum atomic E-state index is -4.95. The molecule has 0 bridgehead atoms. The second-order valence-electron chi connectivity index (χ2n) is 5.69. The highest BCUT2D eigenvalue weighted by Gasteiger charge is 2.42. The van der Waals surface area contributed by atoms with E-state index in [4.69, 9.17) is 16.0 Å². The lowest BCUT2D eigenvalue weighted by Crippen LogP contribution is -2.41. The number of aromatic nitrogens is 1. The standard InChI is InChI=1S/C18H14ClF3N2O2/c1-3-24(17(25)18(20,21)22)13-7-10(2)15-14(9-13)23-16(26-15)11-5-4-6-12(19)8-11/h4-9H,3H2,1-2H3. The van der Waals surface area contributed by atoms with Gasteiger partial charge in [-0.15, -0.1) is 0 Å². The molecular weight excluding hydrogens is 369 g/mol. The zero-order valence-corrected chi connectivity index (χ0v) is 14.6. The lowest BCUT2D eigenvalue weighted by atomic mass is 10.1. The third kappa shape index (κ3) is 3.39. The average molecular weight is 383 g/mol. The summed E-state index contributed by atoms with van der Waals surface area (Å²) >= 11 is 5.97. The van der Waals surface area contributed by atoms with E-state index in [9.17, 15) is 18.0 Å². The summed E-state index contributed by atoms with van der Waals surface area (Å²) in [6, 6.07) is 9.77. The first-order valence-corrected chi connectivity index (χ1v) is 8.14. The van der Waals surface area contributed by atoms with Crippen LogP contribution >= 0.6 is 11.6 Å².